The van der Waals surface area contributed by atoms with Gasteiger partial charge in [-0.15, -0.1) is 11.3 Å². The van der Waals surface area contributed by atoms with Crippen molar-refractivity contribution in [2.24, 2.45) is 0 Å². The Hall–Kier alpha value is -0.980. The molecular weight excluding hydrogens is 308 g/mol. The van der Waals surface area contributed by atoms with E-state index in [2.05, 4.69) is 36.0 Å². The molecule has 2 aliphatic heterocycles. The zero-order chi connectivity index (χ0) is 16.4. The van der Waals surface area contributed by atoms with Gasteiger partial charge in [0, 0.05) is 56.1 Å². The molecule has 1 atom stereocenters. The summed E-state index contributed by atoms with van der Waals surface area (Å²) in [5.74, 6) is 0.230. The molecule has 0 aliphatic carbocycles. The van der Waals surface area contributed by atoms with Gasteiger partial charge in [-0.1, -0.05) is 20.8 Å². The van der Waals surface area contributed by atoms with Gasteiger partial charge in [0.05, 0.1) is 17.1 Å². The topological polar surface area (TPSA) is 48.5 Å². The number of amides is 1. The number of thiazole rings is 1. The van der Waals surface area contributed by atoms with Crippen molar-refractivity contribution in [1.29, 1.82) is 0 Å². The number of hydrogen-bond acceptors (Lipinski definition) is 5. The van der Waals surface area contributed by atoms with E-state index in [9.17, 15) is 4.79 Å². The van der Waals surface area contributed by atoms with Crippen molar-refractivity contribution >= 4 is 17.2 Å². The third-order valence-electron chi connectivity index (χ3n) is 4.71. The van der Waals surface area contributed by atoms with Gasteiger partial charge in [0.1, 0.15) is 0 Å². The number of piperazine rings is 1. The predicted octanol–water partition coefficient (Wildman–Crippen LogP) is 1.49. The maximum absolute atomic E-state index is 12.6. The Morgan fingerprint density at radius 2 is 2.09 bits per heavy atom. The first-order valence-corrected chi connectivity index (χ1v) is 9.49. The summed E-state index contributed by atoms with van der Waals surface area (Å²) in [4.78, 5) is 21.8. The maximum Gasteiger partial charge on any atom is 0.228 e. The smallest absolute Gasteiger partial charge is 0.228 e. The minimum Gasteiger partial charge on any atom is -0.341 e. The molecule has 1 amide bonds. The van der Waals surface area contributed by atoms with Gasteiger partial charge in [-0.05, 0) is 6.42 Å². The summed E-state index contributed by atoms with van der Waals surface area (Å²) in [6.07, 6.45) is 1.55. The lowest BCUT2D eigenvalue weighted by Gasteiger charge is -2.32. The Morgan fingerprint density at radius 1 is 1.35 bits per heavy atom. The molecule has 0 radical (unpaired) electrons. The van der Waals surface area contributed by atoms with Crippen LogP contribution >= 0.6 is 11.3 Å². The summed E-state index contributed by atoms with van der Waals surface area (Å²) in [7, 11) is 0. The largest absolute Gasteiger partial charge is 0.341 e. The molecule has 1 aromatic rings. The van der Waals surface area contributed by atoms with Crippen LogP contribution in [0.15, 0.2) is 5.38 Å². The molecule has 3 rings (SSSR count). The molecule has 1 N–H and O–H groups in total. The average molecular weight is 337 g/mol. The van der Waals surface area contributed by atoms with Crippen molar-refractivity contribution in [2.75, 3.05) is 39.3 Å². The van der Waals surface area contributed by atoms with E-state index in [0.29, 0.717) is 12.5 Å². The predicted molar refractivity (Wildman–Crippen MR) is 93.9 cm³/mol. The third kappa shape index (κ3) is 4.11. The van der Waals surface area contributed by atoms with Crippen LogP contribution in [0.1, 0.15) is 37.9 Å². The minimum atomic E-state index is 0.0625. The van der Waals surface area contributed by atoms with Crippen LogP contribution in [-0.2, 0) is 16.6 Å². The molecule has 128 valence electrons. The molecule has 0 aromatic carbocycles. The highest BCUT2D eigenvalue weighted by Gasteiger charge is 2.31. The van der Waals surface area contributed by atoms with Crippen LogP contribution in [0.3, 0.4) is 0 Å². The van der Waals surface area contributed by atoms with Crippen molar-refractivity contribution in [3.63, 3.8) is 0 Å². The lowest BCUT2D eigenvalue weighted by Crippen LogP contribution is -2.49. The molecule has 1 unspecified atom stereocenters. The SMILES string of the molecule is CC(C)(C)c1nc(CC(=O)N2CCC(N3CCNCC3)C2)cs1. The highest BCUT2D eigenvalue weighted by molar-refractivity contribution is 7.09. The van der Waals surface area contributed by atoms with E-state index < -0.39 is 0 Å². The van der Waals surface area contributed by atoms with Crippen LogP contribution < -0.4 is 5.32 Å². The van der Waals surface area contributed by atoms with Crippen LogP contribution in [0.25, 0.3) is 0 Å². The van der Waals surface area contributed by atoms with Crippen molar-refractivity contribution in [3.05, 3.63) is 16.1 Å². The minimum absolute atomic E-state index is 0.0625. The first kappa shape index (κ1) is 16.9. The molecule has 6 heteroatoms. The van der Waals surface area contributed by atoms with E-state index in [-0.39, 0.29) is 11.3 Å². The molecule has 2 saturated heterocycles. The number of hydrogen-bond donors (Lipinski definition) is 1. The molecule has 23 heavy (non-hydrogen) atoms. The highest BCUT2D eigenvalue weighted by atomic mass is 32.1. The Bertz CT molecular complexity index is 545. The van der Waals surface area contributed by atoms with E-state index in [4.69, 9.17) is 0 Å². The van der Waals surface area contributed by atoms with Crippen LogP contribution in [0, 0.1) is 0 Å². The number of likely N-dealkylation sites (tertiary alicyclic amines) is 1. The van der Waals surface area contributed by atoms with Crippen LogP contribution in [0.5, 0.6) is 0 Å². The summed E-state index contributed by atoms with van der Waals surface area (Å²) >= 11 is 1.67. The molecule has 2 aliphatic rings. The second-order valence-corrected chi connectivity index (χ2v) is 8.50. The van der Waals surface area contributed by atoms with Gasteiger partial charge >= 0.3 is 0 Å². The Kier molecular flexibility index (Phi) is 5.04. The Balaban J connectivity index is 1.54. The van der Waals surface area contributed by atoms with Gasteiger partial charge in [0.25, 0.3) is 0 Å². The van der Waals surface area contributed by atoms with Crippen molar-refractivity contribution < 1.29 is 4.79 Å². The molecule has 5 nitrogen and oxygen atoms in total. The monoisotopic (exact) mass is 336 g/mol. The number of nitrogens with zero attached hydrogens (tertiary/aromatic N) is 3. The summed E-state index contributed by atoms with van der Waals surface area (Å²) in [5, 5.41) is 6.55. The highest BCUT2D eigenvalue weighted by Crippen LogP contribution is 2.26. The fourth-order valence-corrected chi connectivity index (χ4v) is 4.22. The molecule has 2 fully saturated rings. The molecule has 0 saturated carbocycles. The fraction of sp³-hybridized carbons (Fsp3) is 0.765. The molecule has 1 aromatic heterocycles. The zero-order valence-electron chi connectivity index (χ0n) is 14.5. The van der Waals surface area contributed by atoms with Gasteiger partial charge in [-0.2, -0.15) is 0 Å². The molecular formula is C17H28N4OS. The Labute approximate surface area is 143 Å². The standard InChI is InChI=1S/C17H28N4OS/c1-17(2,3)16-19-13(12-23-16)10-15(22)21-7-4-14(11-21)20-8-5-18-6-9-20/h12,14,18H,4-11H2,1-3H3. The van der Waals surface area contributed by atoms with E-state index in [1.165, 1.54) is 0 Å². The zero-order valence-corrected chi connectivity index (χ0v) is 15.3. The van der Waals surface area contributed by atoms with E-state index in [1.807, 2.05) is 10.3 Å². The average Bonchev–Trinajstić information content (AvgIpc) is 3.16. The van der Waals surface area contributed by atoms with Gasteiger partial charge in [0.2, 0.25) is 5.91 Å². The summed E-state index contributed by atoms with van der Waals surface area (Å²) in [6, 6.07) is 0.543. The van der Waals surface area contributed by atoms with Crippen LogP contribution in [0.2, 0.25) is 0 Å². The van der Waals surface area contributed by atoms with Gasteiger partial charge < -0.3 is 10.2 Å². The van der Waals surface area contributed by atoms with Crippen LogP contribution in [-0.4, -0.2) is 66.0 Å². The van der Waals surface area contributed by atoms with Crippen LogP contribution in [0.4, 0.5) is 0 Å². The third-order valence-corrected chi connectivity index (χ3v) is 6.03. The van der Waals surface area contributed by atoms with Gasteiger partial charge in [0.15, 0.2) is 0 Å². The second-order valence-electron chi connectivity index (χ2n) is 7.64. The summed E-state index contributed by atoms with van der Waals surface area (Å²) in [5.41, 5.74) is 0.989. The molecule has 3 heterocycles. The van der Waals surface area contributed by atoms with E-state index in [0.717, 1.165) is 56.4 Å². The molecule has 0 spiro atoms. The number of carbonyl (C=O) groups is 1. The summed E-state index contributed by atoms with van der Waals surface area (Å²) in [6.45, 7) is 12.6. The lowest BCUT2D eigenvalue weighted by atomic mass is 9.98. The maximum atomic E-state index is 12.6. The van der Waals surface area contributed by atoms with Gasteiger partial charge in [-0.3, -0.25) is 9.69 Å². The fourth-order valence-electron chi connectivity index (χ4n) is 3.31. The number of aromatic nitrogens is 1. The van der Waals surface area contributed by atoms with Crippen molar-refractivity contribution in [1.82, 2.24) is 20.1 Å². The quantitative estimate of drug-likeness (QED) is 0.908. The molecule has 0 bridgehead atoms. The number of nitrogens with one attached hydrogen (secondary N) is 1. The Morgan fingerprint density at radius 3 is 2.74 bits per heavy atom. The van der Waals surface area contributed by atoms with Gasteiger partial charge in [-0.25, -0.2) is 4.98 Å². The van der Waals surface area contributed by atoms with Crippen molar-refractivity contribution in [2.45, 2.75) is 45.1 Å². The normalized spacial score (nSPS) is 23.4. The number of rotatable bonds is 3. The number of carbonyl (C=O) groups excluding carboxylic acids is 1. The first-order chi connectivity index (χ1) is 10.9. The van der Waals surface area contributed by atoms with E-state index >= 15 is 0 Å². The first-order valence-electron chi connectivity index (χ1n) is 8.61. The van der Waals surface area contributed by atoms with Crippen molar-refractivity contribution in [3.8, 4) is 0 Å². The lowest BCUT2D eigenvalue weighted by molar-refractivity contribution is -0.129. The van der Waals surface area contributed by atoms with E-state index in [1.54, 1.807) is 11.3 Å². The summed E-state index contributed by atoms with van der Waals surface area (Å²) < 4.78 is 0. The second kappa shape index (κ2) is 6.87.